The molecular weight excluding hydrogens is 453 g/mol. The van der Waals surface area contributed by atoms with Crippen LogP contribution in [0.3, 0.4) is 0 Å². The predicted molar refractivity (Wildman–Crippen MR) is 89.9 cm³/mol. The van der Waals surface area contributed by atoms with Crippen molar-refractivity contribution in [3.05, 3.63) is 55.6 Å². The van der Waals surface area contributed by atoms with Gasteiger partial charge in [-0.05, 0) is 52.9 Å². The van der Waals surface area contributed by atoms with Crippen LogP contribution in [0.4, 0.5) is 5.69 Å². The zero-order valence-corrected chi connectivity index (χ0v) is 14.2. The molecule has 7 heteroatoms. The molecule has 0 radical (unpaired) electrons. The number of phenols is 1. The van der Waals surface area contributed by atoms with E-state index >= 15 is 0 Å². The van der Waals surface area contributed by atoms with Crippen LogP contribution in [0.2, 0.25) is 0 Å². The molecule has 0 aliphatic carbocycles. The van der Waals surface area contributed by atoms with Gasteiger partial charge in [0.05, 0.1) is 11.3 Å². The summed E-state index contributed by atoms with van der Waals surface area (Å²) < 4.78 is 1.48. The standard InChI is InChI=1S/C14H9BrINO4/c15-7-4-5-10(16)9(6-7)13(19)17-11-3-1-2-8(12(11)18)14(20)21/h1-6,18H,(H,17,19)(H,20,21). The third-order valence-electron chi connectivity index (χ3n) is 2.69. The molecule has 0 fully saturated rings. The van der Waals surface area contributed by atoms with Gasteiger partial charge in [0.25, 0.3) is 5.91 Å². The summed E-state index contributed by atoms with van der Waals surface area (Å²) in [4.78, 5) is 23.2. The van der Waals surface area contributed by atoms with Crippen molar-refractivity contribution < 1.29 is 19.8 Å². The maximum atomic E-state index is 12.2. The highest BCUT2D eigenvalue weighted by atomic mass is 127. The lowest BCUT2D eigenvalue weighted by Gasteiger charge is -2.10. The molecule has 0 heterocycles. The number of carbonyl (C=O) groups excluding carboxylic acids is 1. The summed E-state index contributed by atoms with van der Waals surface area (Å²) in [6, 6.07) is 9.37. The number of halogens is 2. The minimum Gasteiger partial charge on any atom is -0.505 e. The van der Waals surface area contributed by atoms with Crippen LogP contribution in [-0.2, 0) is 0 Å². The molecule has 2 rings (SSSR count). The molecule has 0 unspecified atom stereocenters. The lowest BCUT2D eigenvalue weighted by Crippen LogP contribution is -2.14. The molecule has 2 aromatic carbocycles. The van der Waals surface area contributed by atoms with Gasteiger partial charge in [-0.15, -0.1) is 0 Å². The second-order valence-corrected chi connectivity index (χ2v) is 6.16. The Morgan fingerprint density at radius 3 is 2.52 bits per heavy atom. The Labute approximate surface area is 142 Å². The maximum Gasteiger partial charge on any atom is 0.339 e. The van der Waals surface area contributed by atoms with Crippen LogP contribution in [0, 0.1) is 3.57 Å². The van der Waals surface area contributed by atoms with E-state index in [2.05, 4.69) is 21.2 Å². The van der Waals surface area contributed by atoms with Gasteiger partial charge >= 0.3 is 5.97 Å². The highest BCUT2D eigenvalue weighted by Crippen LogP contribution is 2.28. The smallest absolute Gasteiger partial charge is 0.339 e. The fourth-order valence-corrected chi connectivity index (χ4v) is 2.62. The van der Waals surface area contributed by atoms with Crippen molar-refractivity contribution in [1.82, 2.24) is 0 Å². The summed E-state index contributed by atoms with van der Waals surface area (Å²) in [6.07, 6.45) is 0. The van der Waals surface area contributed by atoms with Gasteiger partial charge in [-0.25, -0.2) is 4.79 Å². The fraction of sp³-hybridized carbons (Fsp3) is 0. The van der Waals surface area contributed by atoms with E-state index in [1.807, 2.05) is 22.6 Å². The normalized spacial score (nSPS) is 10.2. The molecule has 21 heavy (non-hydrogen) atoms. The van der Waals surface area contributed by atoms with Crippen molar-refractivity contribution >= 4 is 56.1 Å². The molecule has 0 aliphatic heterocycles. The van der Waals surface area contributed by atoms with Gasteiger partial charge in [-0.1, -0.05) is 22.0 Å². The molecule has 0 aromatic heterocycles. The molecular formula is C14H9BrINO4. The zero-order chi connectivity index (χ0) is 15.6. The van der Waals surface area contributed by atoms with E-state index in [1.165, 1.54) is 18.2 Å². The number of para-hydroxylation sites is 1. The topological polar surface area (TPSA) is 86.6 Å². The van der Waals surface area contributed by atoms with Gasteiger partial charge in [-0.3, -0.25) is 4.79 Å². The number of hydrogen-bond acceptors (Lipinski definition) is 3. The highest BCUT2D eigenvalue weighted by Gasteiger charge is 2.16. The Bertz CT molecular complexity index is 733. The molecule has 0 aliphatic rings. The number of benzene rings is 2. The molecule has 5 nitrogen and oxygen atoms in total. The highest BCUT2D eigenvalue weighted by molar-refractivity contribution is 14.1. The largest absolute Gasteiger partial charge is 0.505 e. The van der Waals surface area contributed by atoms with E-state index in [9.17, 15) is 14.7 Å². The number of aromatic carboxylic acids is 1. The van der Waals surface area contributed by atoms with E-state index < -0.39 is 17.6 Å². The first kappa shape index (κ1) is 15.8. The average Bonchev–Trinajstić information content (AvgIpc) is 2.43. The minimum absolute atomic E-state index is 0.0516. The maximum absolute atomic E-state index is 12.2. The van der Waals surface area contributed by atoms with E-state index in [-0.39, 0.29) is 11.3 Å². The van der Waals surface area contributed by atoms with Gasteiger partial charge in [-0.2, -0.15) is 0 Å². The van der Waals surface area contributed by atoms with Crippen molar-refractivity contribution in [1.29, 1.82) is 0 Å². The number of amides is 1. The van der Waals surface area contributed by atoms with E-state index in [4.69, 9.17) is 5.11 Å². The third kappa shape index (κ3) is 3.53. The summed E-state index contributed by atoms with van der Waals surface area (Å²) in [5.41, 5.74) is 0.206. The Balaban J connectivity index is 2.34. The molecule has 0 saturated carbocycles. The van der Waals surface area contributed by atoms with Gasteiger partial charge in [0.15, 0.2) is 5.75 Å². The van der Waals surface area contributed by atoms with Crippen molar-refractivity contribution in [2.45, 2.75) is 0 Å². The lowest BCUT2D eigenvalue weighted by molar-refractivity contribution is 0.0693. The molecule has 0 spiro atoms. The van der Waals surface area contributed by atoms with Gasteiger partial charge < -0.3 is 15.5 Å². The molecule has 0 saturated heterocycles. The summed E-state index contributed by atoms with van der Waals surface area (Å²) in [5, 5.41) is 21.3. The molecule has 2 aromatic rings. The van der Waals surface area contributed by atoms with Crippen LogP contribution in [0.25, 0.3) is 0 Å². The predicted octanol–water partition coefficient (Wildman–Crippen LogP) is 3.71. The van der Waals surface area contributed by atoms with Crippen LogP contribution in [-0.4, -0.2) is 22.1 Å². The SMILES string of the molecule is O=C(Nc1cccc(C(=O)O)c1O)c1cc(Br)ccc1I. The Morgan fingerprint density at radius 2 is 1.86 bits per heavy atom. The van der Waals surface area contributed by atoms with Crippen LogP contribution in [0.1, 0.15) is 20.7 Å². The Kier molecular flexibility index (Phi) is 4.84. The number of anilines is 1. The van der Waals surface area contributed by atoms with Crippen LogP contribution in [0.5, 0.6) is 5.75 Å². The number of carboxylic acids is 1. The summed E-state index contributed by atoms with van der Waals surface area (Å²) in [6.45, 7) is 0. The molecule has 1 amide bonds. The van der Waals surface area contributed by atoms with Gasteiger partial charge in [0.1, 0.15) is 5.56 Å². The van der Waals surface area contributed by atoms with Crippen molar-refractivity contribution in [2.75, 3.05) is 5.32 Å². The second-order valence-electron chi connectivity index (χ2n) is 4.09. The number of nitrogens with one attached hydrogen (secondary N) is 1. The number of aromatic hydroxyl groups is 1. The van der Waals surface area contributed by atoms with Gasteiger partial charge in [0, 0.05) is 8.04 Å². The molecule has 3 N–H and O–H groups in total. The lowest BCUT2D eigenvalue weighted by atomic mass is 10.1. The third-order valence-corrected chi connectivity index (χ3v) is 4.12. The Hall–Kier alpha value is -1.61. The van der Waals surface area contributed by atoms with E-state index in [1.54, 1.807) is 18.2 Å². The van der Waals surface area contributed by atoms with Crippen molar-refractivity contribution in [3.63, 3.8) is 0 Å². The molecule has 108 valence electrons. The summed E-state index contributed by atoms with van der Waals surface area (Å²) in [5.74, 6) is -2.16. The quantitative estimate of drug-likeness (QED) is 0.480. The van der Waals surface area contributed by atoms with Gasteiger partial charge in [0.2, 0.25) is 0 Å². The first-order chi connectivity index (χ1) is 9.90. The van der Waals surface area contributed by atoms with Crippen LogP contribution >= 0.6 is 38.5 Å². The summed E-state index contributed by atoms with van der Waals surface area (Å²) >= 11 is 5.31. The van der Waals surface area contributed by atoms with Crippen molar-refractivity contribution in [2.24, 2.45) is 0 Å². The first-order valence-corrected chi connectivity index (χ1v) is 7.59. The number of carbonyl (C=O) groups is 2. The fourth-order valence-electron chi connectivity index (χ4n) is 1.68. The van der Waals surface area contributed by atoms with E-state index in [0.29, 0.717) is 5.56 Å². The average molecular weight is 462 g/mol. The first-order valence-electron chi connectivity index (χ1n) is 5.72. The van der Waals surface area contributed by atoms with Crippen LogP contribution < -0.4 is 5.32 Å². The summed E-state index contributed by atoms with van der Waals surface area (Å²) in [7, 11) is 0. The number of rotatable bonds is 3. The Morgan fingerprint density at radius 1 is 1.14 bits per heavy atom. The van der Waals surface area contributed by atoms with E-state index in [0.717, 1.165) is 8.04 Å². The molecule has 0 atom stereocenters. The zero-order valence-electron chi connectivity index (χ0n) is 10.4. The molecule has 0 bridgehead atoms. The van der Waals surface area contributed by atoms with Crippen LogP contribution in [0.15, 0.2) is 40.9 Å². The monoisotopic (exact) mass is 461 g/mol. The number of carboxylic acid groups (broad SMARTS) is 1. The van der Waals surface area contributed by atoms with Crippen molar-refractivity contribution in [3.8, 4) is 5.75 Å². The second kappa shape index (κ2) is 6.44. The number of hydrogen-bond donors (Lipinski definition) is 3. The minimum atomic E-state index is -1.26.